The normalized spacial score (nSPS) is 22.2. The Hall–Kier alpha value is -1.51. The molecule has 1 aliphatic heterocycles. The highest BCUT2D eigenvalue weighted by atomic mass is 32.2. The Morgan fingerprint density at radius 3 is 2.25 bits per heavy atom. The van der Waals surface area contributed by atoms with Gasteiger partial charge in [0.15, 0.2) is 0 Å². The van der Waals surface area contributed by atoms with E-state index in [0.717, 1.165) is 12.8 Å². The Morgan fingerprint density at radius 2 is 1.80 bits per heavy atom. The van der Waals surface area contributed by atoms with Gasteiger partial charge in [-0.3, -0.25) is 10.1 Å². The zero-order valence-corrected chi connectivity index (χ0v) is 11.4. The molecule has 0 amide bonds. The van der Waals surface area contributed by atoms with E-state index >= 15 is 0 Å². The number of hydrogen-bond donors (Lipinski definition) is 1. The fraction of sp³-hybridized carbons (Fsp3) is 0.500. The van der Waals surface area contributed by atoms with Gasteiger partial charge in [-0.25, -0.2) is 8.42 Å². The van der Waals surface area contributed by atoms with Crippen molar-refractivity contribution < 1.29 is 18.4 Å². The number of aliphatic hydroxyl groups is 1. The van der Waals surface area contributed by atoms with Crippen LogP contribution in [0, 0.1) is 16.0 Å². The minimum absolute atomic E-state index is 0.0148. The molecule has 1 N–H and O–H groups in total. The van der Waals surface area contributed by atoms with Gasteiger partial charge in [0.05, 0.1) is 15.4 Å². The molecule has 2 aliphatic rings. The van der Waals surface area contributed by atoms with E-state index in [1.54, 1.807) is 0 Å². The number of non-ortho nitro benzene ring substituents is 1. The Bertz CT molecular complexity index is 645. The van der Waals surface area contributed by atoms with Crippen LogP contribution in [0.3, 0.4) is 0 Å². The predicted molar refractivity (Wildman–Crippen MR) is 69.5 cm³/mol. The molecule has 0 spiro atoms. The fourth-order valence-corrected chi connectivity index (χ4v) is 4.07. The number of β-amino-alcohol motifs (C(OH)–C–C–N with tert-alkyl or cyclic N) is 1. The molecule has 1 saturated carbocycles. The maximum absolute atomic E-state index is 12.3. The molecule has 8 heteroatoms. The van der Waals surface area contributed by atoms with E-state index in [-0.39, 0.29) is 29.6 Å². The molecule has 7 nitrogen and oxygen atoms in total. The van der Waals surface area contributed by atoms with Crippen molar-refractivity contribution in [1.29, 1.82) is 0 Å². The van der Waals surface area contributed by atoms with Crippen molar-refractivity contribution in [2.45, 2.75) is 23.3 Å². The first-order valence-electron chi connectivity index (χ1n) is 6.30. The minimum atomic E-state index is -3.67. The van der Waals surface area contributed by atoms with Crippen molar-refractivity contribution in [3.8, 4) is 0 Å². The van der Waals surface area contributed by atoms with Gasteiger partial charge in [0.1, 0.15) is 0 Å². The lowest BCUT2D eigenvalue weighted by atomic mass is 9.91. The molecule has 0 radical (unpaired) electrons. The third-order valence-corrected chi connectivity index (χ3v) is 5.73. The summed E-state index contributed by atoms with van der Waals surface area (Å²) in [4.78, 5) is 9.98. The van der Waals surface area contributed by atoms with Crippen LogP contribution in [0.1, 0.15) is 12.8 Å². The lowest BCUT2D eigenvalue weighted by Crippen LogP contribution is -2.64. The van der Waals surface area contributed by atoms with Crippen LogP contribution < -0.4 is 0 Å². The highest BCUT2D eigenvalue weighted by Crippen LogP contribution is 2.45. The number of nitro groups is 1. The fourth-order valence-electron chi connectivity index (χ4n) is 2.50. The smallest absolute Gasteiger partial charge is 0.269 e. The molecular formula is C12H14N2O5S. The maximum atomic E-state index is 12.3. The van der Waals surface area contributed by atoms with Crippen molar-refractivity contribution in [2.24, 2.45) is 5.92 Å². The Kier molecular flexibility index (Phi) is 2.86. The second-order valence-electron chi connectivity index (χ2n) is 5.40. The van der Waals surface area contributed by atoms with E-state index < -0.39 is 20.5 Å². The van der Waals surface area contributed by atoms with Gasteiger partial charge in [-0.1, -0.05) is 0 Å². The third kappa shape index (κ3) is 2.09. The quantitative estimate of drug-likeness (QED) is 0.652. The number of nitrogens with zero attached hydrogens (tertiary/aromatic N) is 2. The number of sulfonamides is 1. The highest BCUT2D eigenvalue weighted by molar-refractivity contribution is 7.89. The number of hydrogen-bond acceptors (Lipinski definition) is 5. The predicted octanol–water partition coefficient (Wildman–Crippen LogP) is 0.740. The summed E-state index contributed by atoms with van der Waals surface area (Å²) < 4.78 is 25.8. The van der Waals surface area contributed by atoms with Crippen molar-refractivity contribution >= 4 is 15.7 Å². The molecule has 1 saturated heterocycles. The summed E-state index contributed by atoms with van der Waals surface area (Å²) in [5.74, 6) is 0.214. The van der Waals surface area contributed by atoms with E-state index in [2.05, 4.69) is 0 Å². The van der Waals surface area contributed by atoms with Crippen molar-refractivity contribution in [2.75, 3.05) is 13.1 Å². The Balaban J connectivity index is 1.77. The van der Waals surface area contributed by atoms with Gasteiger partial charge in [-0.05, 0) is 30.9 Å². The summed E-state index contributed by atoms with van der Waals surface area (Å²) in [6.45, 7) is 0.216. The molecule has 1 aromatic rings. The summed E-state index contributed by atoms with van der Waals surface area (Å²) in [5, 5.41) is 20.7. The molecule has 2 fully saturated rings. The molecule has 0 unspecified atom stereocenters. The van der Waals surface area contributed by atoms with Crippen LogP contribution in [0.4, 0.5) is 5.69 Å². The molecule has 1 aliphatic carbocycles. The summed E-state index contributed by atoms with van der Waals surface area (Å²) in [7, 11) is -3.67. The summed E-state index contributed by atoms with van der Waals surface area (Å²) >= 11 is 0. The lowest BCUT2D eigenvalue weighted by Gasteiger charge is -2.45. The summed E-state index contributed by atoms with van der Waals surface area (Å²) in [6.07, 6.45) is 1.89. The van der Waals surface area contributed by atoms with Crippen LogP contribution >= 0.6 is 0 Å². The molecule has 1 heterocycles. The van der Waals surface area contributed by atoms with Crippen LogP contribution in [0.2, 0.25) is 0 Å². The first-order valence-corrected chi connectivity index (χ1v) is 7.74. The van der Waals surface area contributed by atoms with Gasteiger partial charge >= 0.3 is 0 Å². The molecule has 0 atom stereocenters. The van der Waals surface area contributed by atoms with Crippen molar-refractivity contribution in [3.05, 3.63) is 34.4 Å². The number of nitro benzene ring substituents is 1. The average molecular weight is 298 g/mol. The molecule has 0 bridgehead atoms. The van der Waals surface area contributed by atoms with Gasteiger partial charge < -0.3 is 5.11 Å². The molecular weight excluding hydrogens is 284 g/mol. The van der Waals surface area contributed by atoms with Gasteiger partial charge in [0.2, 0.25) is 10.0 Å². The van der Waals surface area contributed by atoms with E-state index in [9.17, 15) is 23.6 Å². The van der Waals surface area contributed by atoms with E-state index in [4.69, 9.17) is 0 Å². The standard InChI is InChI=1S/C12H14N2O5S/c15-12(9-1-2-9)7-13(8-12)20(18,19)11-5-3-10(4-6-11)14(16)17/h3-6,9,15H,1-2,7-8H2. The van der Waals surface area contributed by atoms with Gasteiger partial charge in [-0.2, -0.15) is 4.31 Å². The van der Waals surface area contributed by atoms with E-state index in [1.807, 2.05) is 0 Å². The topological polar surface area (TPSA) is 101 Å². The van der Waals surface area contributed by atoms with Crippen LogP contribution in [-0.4, -0.2) is 41.4 Å². The van der Waals surface area contributed by atoms with Crippen LogP contribution in [0.25, 0.3) is 0 Å². The van der Waals surface area contributed by atoms with E-state index in [0.29, 0.717) is 0 Å². The largest absolute Gasteiger partial charge is 0.387 e. The van der Waals surface area contributed by atoms with Gasteiger partial charge in [-0.15, -0.1) is 0 Å². The summed E-state index contributed by atoms with van der Waals surface area (Å²) in [6, 6.07) is 4.78. The van der Waals surface area contributed by atoms with Crippen molar-refractivity contribution in [3.63, 3.8) is 0 Å². The average Bonchev–Trinajstić information content (AvgIpc) is 3.19. The lowest BCUT2D eigenvalue weighted by molar-refractivity contribution is -0.384. The van der Waals surface area contributed by atoms with Crippen LogP contribution in [0.15, 0.2) is 29.2 Å². The zero-order chi connectivity index (χ0) is 14.5. The second-order valence-corrected chi connectivity index (χ2v) is 7.34. The molecule has 108 valence electrons. The Labute approximate surface area is 116 Å². The number of rotatable bonds is 4. The van der Waals surface area contributed by atoms with Gasteiger partial charge in [0.25, 0.3) is 5.69 Å². The zero-order valence-electron chi connectivity index (χ0n) is 10.6. The van der Waals surface area contributed by atoms with Crippen LogP contribution in [-0.2, 0) is 10.0 Å². The molecule has 20 heavy (non-hydrogen) atoms. The first kappa shape index (κ1) is 13.5. The van der Waals surface area contributed by atoms with E-state index in [1.165, 1.54) is 28.6 Å². The Morgan fingerprint density at radius 1 is 1.25 bits per heavy atom. The molecule has 1 aromatic carbocycles. The first-order chi connectivity index (χ1) is 9.33. The number of benzene rings is 1. The molecule has 0 aromatic heterocycles. The van der Waals surface area contributed by atoms with Gasteiger partial charge in [0, 0.05) is 25.2 Å². The third-order valence-electron chi connectivity index (χ3n) is 3.92. The minimum Gasteiger partial charge on any atom is -0.387 e. The molecule has 3 rings (SSSR count). The highest BCUT2D eigenvalue weighted by Gasteiger charge is 2.55. The monoisotopic (exact) mass is 298 g/mol. The van der Waals surface area contributed by atoms with Crippen LogP contribution in [0.5, 0.6) is 0 Å². The SMILES string of the molecule is O=[N+]([O-])c1ccc(S(=O)(=O)N2CC(O)(C3CC3)C2)cc1. The van der Waals surface area contributed by atoms with Crippen molar-refractivity contribution in [1.82, 2.24) is 4.31 Å². The maximum Gasteiger partial charge on any atom is 0.269 e. The second kappa shape index (κ2) is 4.24. The summed E-state index contributed by atoms with van der Waals surface area (Å²) in [5.41, 5.74) is -1.03.